The number of piperidine rings is 1. The van der Waals surface area contributed by atoms with E-state index in [0.717, 1.165) is 31.5 Å². The van der Waals surface area contributed by atoms with E-state index in [9.17, 15) is 23.6 Å². The topological polar surface area (TPSA) is 169 Å². The van der Waals surface area contributed by atoms with E-state index in [0.29, 0.717) is 41.5 Å². The molecule has 0 unspecified atom stereocenters. The largest absolute Gasteiger partial charge is 0.496 e. The average Bonchev–Trinajstić information content (AvgIpc) is 3.38. The van der Waals surface area contributed by atoms with Gasteiger partial charge in [-0.15, -0.1) is 0 Å². The van der Waals surface area contributed by atoms with Crippen LogP contribution in [0.3, 0.4) is 0 Å². The summed E-state index contributed by atoms with van der Waals surface area (Å²) in [5, 5.41) is 6.17. The molecule has 13 nitrogen and oxygen atoms in total. The van der Waals surface area contributed by atoms with Crippen LogP contribution in [0.25, 0.3) is 10.8 Å². The molecule has 5 heterocycles. The van der Waals surface area contributed by atoms with Crippen molar-refractivity contribution in [1.29, 1.82) is 0 Å². The highest BCUT2D eigenvalue weighted by atomic mass is 19.1. The summed E-state index contributed by atoms with van der Waals surface area (Å²) in [4.78, 5) is 60.9. The number of aromatic nitrogens is 2. The van der Waals surface area contributed by atoms with Gasteiger partial charge in [0.2, 0.25) is 11.8 Å². The van der Waals surface area contributed by atoms with Gasteiger partial charge in [0.05, 0.1) is 36.2 Å². The summed E-state index contributed by atoms with van der Waals surface area (Å²) >= 11 is 0. The van der Waals surface area contributed by atoms with Crippen LogP contribution in [0.1, 0.15) is 54.1 Å². The third-order valence-electron chi connectivity index (χ3n) is 9.40. The molecule has 3 saturated heterocycles. The fourth-order valence-corrected chi connectivity index (χ4v) is 6.65. The number of halogens is 1. The van der Waals surface area contributed by atoms with Gasteiger partial charge in [-0.25, -0.2) is 14.2 Å². The van der Waals surface area contributed by atoms with Crippen LogP contribution in [-0.2, 0) is 16.1 Å². The molecule has 3 aliphatic heterocycles. The number of urea groups is 1. The zero-order valence-electron chi connectivity index (χ0n) is 27.3. The lowest BCUT2D eigenvalue weighted by atomic mass is 9.96. The van der Waals surface area contributed by atoms with Crippen LogP contribution in [-0.4, -0.2) is 84.2 Å². The summed E-state index contributed by atoms with van der Waals surface area (Å²) in [5.41, 5.74) is 8.08. The number of anilines is 1. The number of hydrogen-bond donors (Lipinski definition) is 3. The Hall–Kier alpha value is -5.29. The molecular weight excluding hydrogens is 633 g/mol. The number of nitrogens with zero attached hydrogens (tertiary/aromatic N) is 4. The van der Waals surface area contributed by atoms with E-state index in [2.05, 4.69) is 37.3 Å². The number of fused-ring (bicyclic) bond motifs is 1. The summed E-state index contributed by atoms with van der Waals surface area (Å²) in [7, 11) is 1.43. The molecule has 3 fully saturated rings. The molecule has 256 valence electrons. The van der Waals surface area contributed by atoms with E-state index in [1.807, 2.05) is 13.0 Å². The molecule has 49 heavy (non-hydrogen) atoms. The van der Waals surface area contributed by atoms with E-state index >= 15 is 0 Å². The molecule has 4 N–H and O–H groups in total. The second kappa shape index (κ2) is 14.4. The minimum Gasteiger partial charge on any atom is -0.496 e. The fraction of sp³-hybridized carbons (Fsp3) is 0.429. The highest BCUT2D eigenvalue weighted by molar-refractivity contribution is 6.06. The number of amides is 5. The number of carbonyl (C=O) groups is 4. The quantitative estimate of drug-likeness (QED) is 0.290. The van der Waals surface area contributed by atoms with Crippen LogP contribution in [0.5, 0.6) is 11.6 Å². The van der Waals surface area contributed by atoms with Gasteiger partial charge in [0, 0.05) is 54.5 Å². The first-order valence-corrected chi connectivity index (χ1v) is 16.3. The van der Waals surface area contributed by atoms with Crippen molar-refractivity contribution < 1.29 is 33.0 Å². The molecule has 14 heteroatoms. The van der Waals surface area contributed by atoms with Gasteiger partial charge < -0.3 is 20.5 Å². The number of pyridine rings is 2. The molecule has 5 amide bonds. The molecular formula is C35H38FN7O6. The predicted molar refractivity (Wildman–Crippen MR) is 178 cm³/mol. The fourth-order valence-electron chi connectivity index (χ4n) is 6.65. The van der Waals surface area contributed by atoms with Crippen LogP contribution >= 0.6 is 0 Å². The van der Waals surface area contributed by atoms with E-state index in [4.69, 9.17) is 15.2 Å². The number of nitrogens with one attached hydrogen (secondary N) is 2. The highest BCUT2D eigenvalue weighted by Crippen LogP contribution is 2.34. The number of benzene rings is 1. The molecule has 3 aromatic rings. The van der Waals surface area contributed by atoms with Gasteiger partial charge in [-0.3, -0.25) is 34.5 Å². The zero-order valence-corrected chi connectivity index (χ0v) is 27.3. The van der Waals surface area contributed by atoms with Crippen molar-refractivity contribution in [3.63, 3.8) is 0 Å². The number of carbonyl (C=O) groups excluding carboxylic acids is 4. The van der Waals surface area contributed by atoms with Gasteiger partial charge in [0.15, 0.2) is 6.17 Å². The van der Waals surface area contributed by atoms with Crippen molar-refractivity contribution in [3.05, 3.63) is 53.5 Å². The van der Waals surface area contributed by atoms with Crippen molar-refractivity contribution in [2.75, 3.05) is 38.3 Å². The number of hydrogen-bond acceptors (Lipinski definition) is 9. The van der Waals surface area contributed by atoms with Crippen LogP contribution < -0.4 is 30.7 Å². The first-order valence-electron chi connectivity index (χ1n) is 16.3. The van der Waals surface area contributed by atoms with Gasteiger partial charge in [-0.05, 0) is 56.1 Å². The van der Waals surface area contributed by atoms with Crippen LogP contribution in [0.2, 0.25) is 0 Å². The Morgan fingerprint density at radius 1 is 1.14 bits per heavy atom. The van der Waals surface area contributed by atoms with Crippen molar-refractivity contribution in [3.8, 4) is 23.5 Å². The third-order valence-corrected chi connectivity index (χ3v) is 9.40. The molecule has 3 aliphatic rings. The Labute approximate surface area is 282 Å². The zero-order chi connectivity index (χ0) is 34.7. The maximum absolute atomic E-state index is 14.4. The van der Waals surface area contributed by atoms with Crippen molar-refractivity contribution in [2.24, 2.45) is 17.6 Å². The van der Waals surface area contributed by atoms with E-state index < -0.39 is 36.0 Å². The first-order chi connectivity index (χ1) is 23.7. The van der Waals surface area contributed by atoms with Gasteiger partial charge in [0.1, 0.15) is 12.4 Å². The van der Waals surface area contributed by atoms with E-state index in [1.165, 1.54) is 7.11 Å². The van der Waals surface area contributed by atoms with Crippen LogP contribution in [0.4, 0.5) is 14.9 Å². The summed E-state index contributed by atoms with van der Waals surface area (Å²) < 4.78 is 25.8. The Bertz CT molecular complexity index is 1850. The van der Waals surface area contributed by atoms with Crippen molar-refractivity contribution in [2.45, 2.75) is 51.4 Å². The summed E-state index contributed by atoms with van der Waals surface area (Å²) in [6.45, 7) is 4.35. The molecule has 1 aromatic carbocycles. The maximum Gasteiger partial charge on any atom is 0.328 e. The Morgan fingerprint density at radius 2 is 1.94 bits per heavy atom. The molecule has 0 bridgehead atoms. The first kappa shape index (κ1) is 33.6. The molecule has 6 rings (SSSR count). The number of ether oxygens (including phenoxy) is 2. The normalized spacial score (nSPS) is 21.6. The van der Waals surface area contributed by atoms with E-state index in [-0.39, 0.29) is 42.0 Å². The number of primary amides is 1. The number of likely N-dealkylation sites (tertiary alicyclic amines) is 1. The number of alkyl halides is 1. The van der Waals surface area contributed by atoms with Gasteiger partial charge in [0.25, 0.3) is 11.8 Å². The molecule has 0 radical (unpaired) electrons. The Balaban J connectivity index is 1.18. The minimum atomic E-state index is -1.59. The second-order valence-electron chi connectivity index (χ2n) is 12.4. The molecule has 0 saturated carbocycles. The minimum absolute atomic E-state index is 0.0160. The predicted octanol–water partition coefficient (Wildman–Crippen LogP) is 2.69. The molecule has 0 aliphatic carbocycles. The number of methoxy groups -OCH3 is 1. The SMILES string of the molecule is CC[C@@H]1[C@H](F)C(=O)N[C@@H]1COc1ncc(C#CC2CCN(Cc3ccncc3N3CCC(=O)NC3=O)CC2)c2cc(C(N)=O)c(OC)cc12. The van der Waals surface area contributed by atoms with Crippen molar-refractivity contribution >= 4 is 40.2 Å². The lowest BCUT2D eigenvalue weighted by Gasteiger charge is -2.32. The lowest BCUT2D eigenvalue weighted by Crippen LogP contribution is -2.50. The number of imide groups is 1. The van der Waals surface area contributed by atoms with Gasteiger partial charge >= 0.3 is 6.03 Å². The van der Waals surface area contributed by atoms with Crippen molar-refractivity contribution in [1.82, 2.24) is 25.5 Å². The van der Waals surface area contributed by atoms with Crippen LogP contribution in [0.15, 0.2) is 36.8 Å². The summed E-state index contributed by atoms with van der Waals surface area (Å²) in [5.74, 6) is 5.14. The Kier molecular flexibility index (Phi) is 9.91. The number of nitrogens with two attached hydrogens (primary N) is 1. The Morgan fingerprint density at radius 3 is 2.65 bits per heavy atom. The molecule has 3 atom stereocenters. The standard InChI is InChI=1S/C35H38FN7O6/c1-3-23-27(40-33(46)31(23)36)19-49-34-25-15-29(48-2)26(32(37)45)14-24(25)21(16-39-34)5-4-20-7-11-42(12-8-20)18-22-6-10-38-17-28(22)43-13-9-30(44)41-35(43)47/h6,10,14-17,20,23,27,31H,3,7-9,11-13,18-19H2,1-2H3,(H2,37,45)(H,40,46)(H,41,44,47)/t23-,27+,31-/m0/s1. The lowest BCUT2D eigenvalue weighted by molar-refractivity contribution is -0.124. The smallest absolute Gasteiger partial charge is 0.328 e. The monoisotopic (exact) mass is 671 g/mol. The molecule has 0 spiro atoms. The van der Waals surface area contributed by atoms with Gasteiger partial charge in [-0.1, -0.05) is 18.8 Å². The number of rotatable bonds is 9. The van der Waals surface area contributed by atoms with Crippen LogP contribution in [0, 0.1) is 23.7 Å². The second-order valence-corrected chi connectivity index (χ2v) is 12.4. The van der Waals surface area contributed by atoms with E-state index in [1.54, 1.807) is 35.6 Å². The highest BCUT2D eigenvalue weighted by Gasteiger charge is 2.42. The average molecular weight is 672 g/mol. The molecule has 2 aromatic heterocycles. The third kappa shape index (κ3) is 7.12. The van der Waals surface area contributed by atoms with Gasteiger partial charge in [-0.2, -0.15) is 0 Å². The maximum atomic E-state index is 14.4. The summed E-state index contributed by atoms with van der Waals surface area (Å²) in [6.07, 6.45) is 5.69. The summed E-state index contributed by atoms with van der Waals surface area (Å²) in [6, 6.07) is 4.19.